The molecule has 0 aliphatic rings. The third-order valence-corrected chi connectivity index (χ3v) is 3.27. The van der Waals surface area contributed by atoms with Gasteiger partial charge < -0.3 is 9.67 Å². The van der Waals surface area contributed by atoms with Crippen molar-refractivity contribution in [1.29, 1.82) is 0 Å². The number of aliphatic hydroxyl groups is 1. The average molecular weight is 294 g/mol. The molecule has 2 aromatic rings. The third kappa shape index (κ3) is 2.33. The lowest BCUT2D eigenvalue weighted by Gasteiger charge is -2.13. The zero-order chi connectivity index (χ0) is 12.4. The number of halogens is 1. The lowest BCUT2D eigenvalue weighted by molar-refractivity contribution is 0.280. The van der Waals surface area contributed by atoms with Crippen LogP contribution in [-0.4, -0.2) is 9.67 Å². The Morgan fingerprint density at radius 1 is 1.35 bits per heavy atom. The molecule has 2 rings (SSSR count). The summed E-state index contributed by atoms with van der Waals surface area (Å²) in [5, 5.41) is 9.12. The van der Waals surface area contributed by atoms with E-state index in [2.05, 4.69) is 15.9 Å². The van der Waals surface area contributed by atoms with Crippen LogP contribution in [0.1, 0.15) is 11.3 Å². The van der Waals surface area contributed by atoms with Crippen molar-refractivity contribution in [3.05, 3.63) is 62.5 Å². The lowest BCUT2D eigenvalue weighted by atomic mass is 10.2. The van der Waals surface area contributed by atoms with Gasteiger partial charge in [0.05, 0.1) is 12.3 Å². The van der Waals surface area contributed by atoms with Gasteiger partial charge in [-0.25, -0.2) is 0 Å². The quantitative estimate of drug-likeness (QED) is 0.924. The SMILES string of the molecule is Cc1cc(=O)c(CO)cn1-c1ccccc1Br. The minimum atomic E-state index is -0.246. The first-order chi connectivity index (χ1) is 8.13. The van der Waals surface area contributed by atoms with E-state index in [1.54, 1.807) is 6.20 Å². The van der Waals surface area contributed by atoms with Crippen LogP contribution in [0.4, 0.5) is 0 Å². The monoisotopic (exact) mass is 293 g/mol. The molecule has 1 aromatic heterocycles. The van der Waals surface area contributed by atoms with E-state index in [0.29, 0.717) is 5.56 Å². The molecule has 0 fully saturated rings. The number of aryl methyl sites for hydroxylation is 1. The molecule has 0 radical (unpaired) electrons. The molecule has 0 bridgehead atoms. The van der Waals surface area contributed by atoms with Crippen molar-refractivity contribution in [3.63, 3.8) is 0 Å². The van der Waals surface area contributed by atoms with E-state index in [-0.39, 0.29) is 12.0 Å². The molecule has 0 spiro atoms. The van der Waals surface area contributed by atoms with Crippen LogP contribution in [0.2, 0.25) is 0 Å². The second-order valence-corrected chi connectivity index (χ2v) is 4.64. The Labute approximate surface area is 107 Å². The fourth-order valence-electron chi connectivity index (χ4n) is 1.70. The first kappa shape index (κ1) is 12.1. The van der Waals surface area contributed by atoms with E-state index in [1.165, 1.54) is 6.07 Å². The maximum atomic E-state index is 11.6. The van der Waals surface area contributed by atoms with Crippen LogP contribution < -0.4 is 5.43 Å². The normalized spacial score (nSPS) is 10.5. The fourth-order valence-corrected chi connectivity index (χ4v) is 2.17. The molecule has 1 aromatic carbocycles. The highest BCUT2D eigenvalue weighted by molar-refractivity contribution is 9.10. The summed E-state index contributed by atoms with van der Waals surface area (Å²) >= 11 is 3.47. The van der Waals surface area contributed by atoms with Crippen molar-refractivity contribution in [3.8, 4) is 5.69 Å². The Bertz CT molecular complexity index is 605. The van der Waals surface area contributed by atoms with Gasteiger partial charge in [0.25, 0.3) is 0 Å². The van der Waals surface area contributed by atoms with Gasteiger partial charge in [0.2, 0.25) is 0 Å². The summed E-state index contributed by atoms with van der Waals surface area (Å²) in [7, 11) is 0. The number of hydrogen-bond donors (Lipinski definition) is 1. The first-order valence-corrected chi connectivity index (χ1v) is 6.00. The molecule has 1 N–H and O–H groups in total. The highest BCUT2D eigenvalue weighted by atomic mass is 79.9. The number of aliphatic hydroxyl groups excluding tert-OH is 1. The van der Waals surface area contributed by atoms with Crippen molar-refractivity contribution in [2.24, 2.45) is 0 Å². The van der Waals surface area contributed by atoms with Crippen LogP contribution in [0.3, 0.4) is 0 Å². The number of benzene rings is 1. The lowest BCUT2D eigenvalue weighted by Crippen LogP contribution is -2.14. The van der Waals surface area contributed by atoms with E-state index >= 15 is 0 Å². The molecule has 88 valence electrons. The van der Waals surface area contributed by atoms with Crippen LogP contribution >= 0.6 is 15.9 Å². The summed E-state index contributed by atoms with van der Waals surface area (Å²) in [5.74, 6) is 0. The van der Waals surface area contributed by atoms with Gasteiger partial charge in [0.1, 0.15) is 0 Å². The zero-order valence-electron chi connectivity index (χ0n) is 9.35. The highest BCUT2D eigenvalue weighted by Gasteiger charge is 2.06. The minimum absolute atomic E-state index is 0.131. The van der Waals surface area contributed by atoms with Crippen molar-refractivity contribution < 1.29 is 5.11 Å². The van der Waals surface area contributed by atoms with Crippen LogP contribution in [0.15, 0.2) is 45.8 Å². The molecule has 0 aliphatic carbocycles. The summed E-state index contributed by atoms with van der Waals surface area (Å²) in [6.45, 7) is 1.62. The van der Waals surface area contributed by atoms with E-state index in [1.807, 2.05) is 35.8 Å². The Morgan fingerprint density at radius 3 is 2.71 bits per heavy atom. The number of aromatic nitrogens is 1. The van der Waals surface area contributed by atoms with Gasteiger partial charge in [-0.05, 0) is 35.0 Å². The van der Waals surface area contributed by atoms with Gasteiger partial charge >= 0.3 is 0 Å². The number of pyridine rings is 1. The minimum Gasteiger partial charge on any atom is -0.391 e. The maximum Gasteiger partial charge on any atom is 0.187 e. The zero-order valence-corrected chi connectivity index (χ0v) is 10.9. The Balaban J connectivity index is 2.68. The molecule has 0 saturated carbocycles. The summed E-state index contributed by atoms with van der Waals surface area (Å²) < 4.78 is 2.83. The van der Waals surface area contributed by atoms with Gasteiger partial charge in [0.15, 0.2) is 5.43 Å². The van der Waals surface area contributed by atoms with E-state index in [4.69, 9.17) is 5.11 Å². The second kappa shape index (κ2) is 4.85. The fraction of sp³-hybridized carbons (Fsp3) is 0.154. The van der Waals surface area contributed by atoms with E-state index in [0.717, 1.165) is 15.9 Å². The average Bonchev–Trinajstić information content (AvgIpc) is 2.31. The molecule has 0 atom stereocenters. The van der Waals surface area contributed by atoms with Crippen molar-refractivity contribution in [2.75, 3.05) is 0 Å². The number of para-hydroxylation sites is 1. The predicted octanol–water partition coefficient (Wildman–Crippen LogP) is 2.40. The number of nitrogens with zero attached hydrogens (tertiary/aromatic N) is 1. The molecule has 0 unspecified atom stereocenters. The van der Waals surface area contributed by atoms with E-state index in [9.17, 15) is 4.79 Å². The van der Waals surface area contributed by atoms with Crippen LogP contribution in [0.25, 0.3) is 5.69 Å². The highest BCUT2D eigenvalue weighted by Crippen LogP contribution is 2.21. The molecule has 0 aliphatic heterocycles. The molecule has 3 nitrogen and oxygen atoms in total. The summed E-state index contributed by atoms with van der Waals surface area (Å²) in [5.41, 5.74) is 2.04. The van der Waals surface area contributed by atoms with Crippen molar-refractivity contribution >= 4 is 15.9 Å². The molecule has 4 heteroatoms. The Hall–Kier alpha value is -1.39. The van der Waals surface area contributed by atoms with Gasteiger partial charge in [0, 0.05) is 28.0 Å². The van der Waals surface area contributed by atoms with Crippen LogP contribution in [0, 0.1) is 6.92 Å². The van der Waals surface area contributed by atoms with Crippen molar-refractivity contribution in [2.45, 2.75) is 13.5 Å². The van der Waals surface area contributed by atoms with Crippen LogP contribution in [-0.2, 0) is 6.61 Å². The molecule has 17 heavy (non-hydrogen) atoms. The molecular weight excluding hydrogens is 282 g/mol. The third-order valence-electron chi connectivity index (χ3n) is 2.60. The van der Waals surface area contributed by atoms with E-state index < -0.39 is 0 Å². The first-order valence-electron chi connectivity index (χ1n) is 5.21. The summed E-state index contributed by atoms with van der Waals surface area (Å²) in [6, 6.07) is 9.27. The van der Waals surface area contributed by atoms with Crippen LogP contribution in [0.5, 0.6) is 0 Å². The van der Waals surface area contributed by atoms with Gasteiger partial charge in [-0.2, -0.15) is 0 Å². The molecular formula is C13H12BrNO2. The Kier molecular flexibility index (Phi) is 3.45. The van der Waals surface area contributed by atoms with Gasteiger partial charge in [-0.3, -0.25) is 4.79 Å². The van der Waals surface area contributed by atoms with Gasteiger partial charge in [-0.15, -0.1) is 0 Å². The summed E-state index contributed by atoms with van der Waals surface area (Å²) in [4.78, 5) is 11.6. The topological polar surface area (TPSA) is 42.2 Å². The Morgan fingerprint density at radius 2 is 2.06 bits per heavy atom. The largest absolute Gasteiger partial charge is 0.391 e. The maximum absolute atomic E-state index is 11.6. The second-order valence-electron chi connectivity index (χ2n) is 3.78. The predicted molar refractivity (Wildman–Crippen MR) is 70.4 cm³/mol. The molecule has 0 saturated heterocycles. The summed E-state index contributed by atoms with van der Waals surface area (Å²) in [6.07, 6.45) is 1.68. The number of rotatable bonds is 2. The van der Waals surface area contributed by atoms with Crippen molar-refractivity contribution in [1.82, 2.24) is 4.57 Å². The molecule has 1 heterocycles. The van der Waals surface area contributed by atoms with Gasteiger partial charge in [-0.1, -0.05) is 12.1 Å². The smallest absolute Gasteiger partial charge is 0.187 e. The standard InChI is InChI=1S/C13H12BrNO2/c1-9-6-13(17)10(8-16)7-15(9)12-5-3-2-4-11(12)14/h2-7,16H,8H2,1H3. The number of hydrogen-bond acceptors (Lipinski definition) is 2. The molecule has 0 amide bonds.